The van der Waals surface area contributed by atoms with Crippen molar-refractivity contribution in [3.05, 3.63) is 67.3 Å². The summed E-state index contributed by atoms with van der Waals surface area (Å²) in [4.78, 5) is 0. The number of rotatable bonds is 2. The fourth-order valence-electron chi connectivity index (χ4n) is 0.757. The van der Waals surface area contributed by atoms with Gasteiger partial charge in [0.15, 0.2) is 0 Å². The lowest BCUT2D eigenvalue weighted by molar-refractivity contribution is 1.64. The summed E-state index contributed by atoms with van der Waals surface area (Å²) in [5.41, 5.74) is 1.26. The molecule has 0 radical (unpaired) electrons. The van der Waals surface area contributed by atoms with Crippen LogP contribution in [0, 0.1) is 0 Å². The molecule has 0 spiro atoms. The molecule has 0 N–H and O–H groups in total. The van der Waals surface area contributed by atoms with Gasteiger partial charge in [0.1, 0.15) is 0 Å². The van der Waals surface area contributed by atoms with E-state index in [1.807, 2.05) is 31.2 Å². The van der Waals surface area contributed by atoms with Gasteiger partial charge in [-0.2, -0.15) is 0 Å². The third-order valence-corrected chi connectivity index (χ3v) is 1.33. The van der Waals surface area contributed by atoms with E-state index >= 15 is 0 Å². The molecule has 0 aliphatic heterocycles. The molecular formula is C13H16. The largest absolute Gasteiger partial charge is 0.0991 e. The molecular weight excluding hydrogens is 156 g/mol. The Labute approximate surface area is 80.9 Å². The average Bonchev–Trinajstić information content (AvgIpc) is 2.20. The van der Waals surface area contributed by atoms with Crippen LogP contribution in [-0.2, 0) is 0 Å². The zero-order valence-corrected chi connectivity index (χ0v) is 8.11. The summed E-state index contributed by atoms with van der Waals surface area (Å²) >= 11 is 0. The zero-order valence-electron chi connectivity index (χ0n) is 8.11. The molecule has 1 rings (SSSR count). The molecule has 0 aliphatic rings. The van der Waals surface area contributed by atoms with E-state index < -0.39 is 0 Å². The summed E-state index contributed by atoms with van der Waals surface area (Å²) in [5, 5.41) is 0. The lowest BCUT2D eigenvalue weighted by Crippen LogP contribution is -1.65. The van der Waals surface area contributed by atoms with Gasteiger partial charge >= 0.3 is 0 Å². The number of benzene rings is 1. The molecule has 0 aromatic heterocycles. The summed E-state index contributed by atoms with van der Waals surface area (Å²) in [6.45, 7) is 8.74. The molecule has 0 aliphatic carbocycles. The first-order valence-electron chi connectivity index (χ1n) is 4.26. The van der Waals surface area contributed by atoms with Gasteiger partial charge < -0.3 is 0 Å². The van der Waals surface area contributed by atoms with Crippen molar-refractivity contribution < 1.29 is 0 Å². The highest BCUT2D eigenvalue weighted by Gasteiger charge is 1.77. The number of hydrogen-bond acceptors (Lipinski definition) is 0. The standard InChI is InChI=1S/C9H10.C4H6/c1-2-6-9-7-4-3-5-8-9;1-3-4-2/h2-8H,1H3;3-4H,1-2H2. The van der Waals surface area contributed by atoms with Crippen molar-refractivity contribution in [3.8, 4) is 0 Å². The average molecular weight is 172 g/mol. The minimum atomic E-state index is 1.26. The number of hydrogen-bond donors (Lipinski definition) is 0. The van der Waals surface area contributed by atoms with Gasteiger partial charge in [-0.3, -0.25) is 0 Å². The maximum atomic E-state index is 3.36. The van der Waals surface area contributed by atoms with Crippen LogP contribution in [0.3, 0.4) is 0 Å². The fourth-order valence-corrected chi connectivity index (χ4v) is 0.757. The lowest BCUT2D eigenvalue weighted by Gasteiger charge is -1.86. The lowest BCUT2D eigenvalue weighted by atomic mass is 10.2. The molecule has 68 valence electrons. The SMILES string of the molecule is C=CC=C.CC=Cc1ccccc1. The predicted octanol–water partition coefficient (Wildman–Crippen LogP) is 4.08. The normalized spacial score (nSPS) is 8.69. The van der Waals surface area contributed by atoms with Gasteiger partial charge in [0.25, 0.3) is 0 Å². The van der Waals surface area contributed by atoms with Crippen molar-refractivity contribution >= 4 is 6.08 Å². The Kier molecular flexibility index (Phi) is 7.51. The van der Waals surface area contributed by atoms with Gasteiger partial charge in [-0.05, 0) is 12.5 Å². The molecule has 0 unspecified atom stereocenters. The number of allylic oxidation sites excluding steroid dienone is 3. The molecule has 0 heteroatoms. The van der Waals surface area contributed by atoms with Crippen LogP contribution in [0.1, 0.15) is 12.5 Å². The molecule has 0 fully saturated rings. The quantitative estimate of drug-likeness (QED) is 0.590. The van der Waals surface area contributed by atoms with E-state index in [-0.39, 0.29) is 0 Å². The minimum absolute atomic E-state index is 1.26. The second-order valence-electron chi connectivity index (χ2n) is 2.38. The Bertz CT molecular complexity index is 249. The Morgan fingerprint density at radius 2 is 1.54 bits per heavy atom. The van der Waals surface area contributed by atoms with E-state index in [2.05, 4.69) is 31.4 Å². The zero-order chi connectivity index (χ0) is 9.94. The molecule has 1 aromatic rings. The topological polar surface area (TPSA) is 0 Å². The first-order valence-corrected chi connectivity index (χ1v) is 4.26. The van der Waals surface area contributed by atoms with Crippen LogP contribution in [0.25, 0.3) is 6.08 Å². The summed E-state index contributed by atoms with van der Waals surface area (Å²) in [6.07, 6.45) is 7.40. The van der Waals surface area contributed by atoms with E-state index in [0.717, 1.165) is 0 Å². The monoisotopic (exact) mass is 172 g/mol. The highest BCUT2D eigenvalue weighted by Crippen LogP contribution is 1.99. The van der Waals surface area contributed by atoms with E-state index in [4.69, 9.17) is 0 Å². The summed E-state index contributed by atoms with van der Waals surface area (Å²) in [7, 11) is 0. The van der Waals surface area contributed by atoms with Crippen molar-refractivity contribution in [1.82, 2.24) is 0 Å². The first-order chi connectivity index (χ1) is 6.35. The van der Waals surface area contributed by atoms with Gasteiger partial charge in [-0.25, -0.2) is 0 Å². The third kappa shape index (κ3) is 6.82. The second kappa shape index (κ2) is 8.54. The molecule has 1 aromatic carbocycles. The molecule has 0 bridgehead atoms. The Balaban J connectivity index is 0.000000310. The van der Waals surface area contributed by atoms with Crippen molar-refractivity contribution in [1.29, 1.82) is 0 Å². The highest BCUT2D eigenvalue weighted by molar-refractivity contribution is 5.47. The Morgan fingerprint density at radius 1 is 1.00 bits per heavy atom. The van der Waals surface area contributed by atoms with Gasteiger partial charge in [0.05, 0.1) is 0 Å². The van der Waals surface area contributed by atoms with Crippen molar-refractivity contribution in [2.24, 2.45) is 0 Å². The van der Waals surface area contributed by atoms with Gasteiger partial charge in [-0.15, -0.1) is 0 Å². The highest BCUT2D eigenvalue weighted by atomic mass is 13.8. The summed E-state index contributed by atoms with van der Waals surface area (Å²) in [6, 6.07) is 10.3. The summed E-state index contributed by atoms with van der Waals surface area (Å²) in [5.74, 6) is 0. The first kappa shape index (κ1) is 11.4. The van der Waals surface area contributed by atoms with E-state index in [1.54, 1.807) is 12.2 Å². The molecule has 13 heavy (non-hydrogen) atoms. The molecule has 0 nitrogen and oxygen atoms in total. The van der Waals surface area contributed by atoms with Gasteiger partial charge in [0.2, 0.25) is 0 Å². The van der Waals surface area contributed by atoms with Crippen LogP contribution in [0.5, 0.6) is 0 Å². The van der Waals surface area contributed by atoms with Crippen LogP contribution >= 0.6 is 0 Å². The van der Waals surface area contributed by atoms with E-state index in [1.165, 1.54) is 5.56 Å². The van der Waals surface area contributed by atoms with Gasteiger partial charge in [0, 0.05) is 0 Å². The summed E-state index contributed by atoms with van der Waals surface area (Å²) < 4.78 is 0. The van der Waals surface area contributed by atoms with Crippen LogP contribution in [0.2, 0.25) is 0 Å². The fraction of sp³-hybridized carbons (Fsp3) is 0.0769. The van der Waals surface area contributed by atoms with E-state index in [0.29, 0.717) is 0 Å². The molecule has 0 amide bonds. The second-order valence-corrected chi connectivity index (χ2v) is 2.38. The van der Waals surface area contributed by atoms with Gasteiger partial charge in [-0.1, -0.05) is 67.8 Å². The van der Waals surface area contributed by atoms with Crippen LogP contribution in [0.15, 0.2) is 61.7 Å². The maximum Gasteiger partial charge on any atom is -0.0260 e. The molecule has 0 saturated carbocycles. The molecule has 0 heterocycles. The predicted molar refractivity (Wildman–Crippen MR) is 61.5 cm³/mol. The van der Waals surface area contributed by atoms with Crippen LogP contribution < -0.4 is 0 Å². The minimum Gasteiger partial charge on any atom is -0.0991 e. The Hall–Kier alpha value is -1.56. The van der Waals surface area contributed by atoms with Crippen molar-refractivity contribution in [2.45, 2.75) is 6.92 Å². The molecule has 0 atom stereocenters. The smallest absolute Gasteiger partial charge is 0.0260 e. The Morgan fingerprint density at radius 3 is 1.92 bits per heavy atom. The maximum absolute atomic E-state index is 3.36. The third-order valence-electron chi connectivity index (χ3n) is 1.33. The van der Waals surface area contributed by atoms with E-state index in [9.17, 15) is 0 Å². The van der Waals surface area contributed by atoms with Crippen LogP contribution in [0.4, 0.5) is 0 Å². The van der Waals surface area contributed by atoms with Crippen LogP contribution in [-0.4, -0.2) is 0 Å². The van der Waals surface area contributed by atoms with Crippen molar-refractivity contribution in [3.63, 3.8) is 0 Å². The molecule has 0 saturated heterocycles. The van der Waals surface area contributed by atoms with Crippen molar-refractivity contribution in [2.75, 3.05) is 0 Å².